The van der Waals surface area contributed by atoms with E-state index in [1.807, 2.05) is 0 Å². The summed E-state index contributed by atoms with van der Waals surface area (Å²) in [6.45, 7) is 0. The summed E-state index contributed by atoms with van der Waals surface area (Å²) in [6, 6.07) is 43.5. The van der Waals surface area contributed by atoms with E-state index >= 15 is 0 Å². The van der Waals surface area contributed by atoms with Crippen molar-refractivity contribution in [2.75, 3.05) is 12.3 Å². The van der Waals surface area contributed by atoms with Crippen LogP contribution < -0.4 is 15.9 Å². The second-order valence-electron chi connectivity index (χ2n) is 8.28. The van der Waals surface area contributed by atoms with Gasteiger partial charge >= 0.3 is 0 Å². The Kier molecular flexibility index (Phi) is 8.37. The molecule has 4 unspecified atom stereocenters. The largest absolute Gasteiger partial charge is 0.0862 e. The van der Waals surface area contributed by atoms with E-state index in [2.05, 4.69) is 115 Å². The van der Waals surface area contributed by atoms with Gasteiger partial charge in [0.05, 0.1) is 0 Å². The van der Waals surface area contributed by atoms with Crippen LogP contribution in [0.25, 0.3) is 11.1 Å². The Bertz CT molecular complexity index is 1110. The molecule has 0 N–H and O–H groups in total. The van der Waals surface area contributed by atoms with E-state index in [0.29, 0.717) is 0 Å². The van der Waals surface area contributed by atoms with E-state index in [1.54, 1.807) is 15.9 Å². The Hall–Kier alpha value is -1.40. The number of rotatable bonds is 4. The monoisotopic (exact) mass is 502 g/mol. The van der Waals surface area contributed by atoms with Crippen LogP contribution in [0.15, 0.2) is 115 Å². The summed E-state index contributed by atoms with van der Waals surface area (Å²) in [5.41, 5.74) is 2.64. The Balaban J connectivity index is 1.57. The van der Waals surface area contributed by atoms with Gasteiger partial charge in [-0.25, -0.2) is 0 Å². The third kappa shape index (κ3) is 5.82. The van der Waals surface area contributed by atoms with Crippen molar-refractivity contribution in [2.24, 2.45) is 0 Å². The molecule has 5 rings (SSSR count). The van der Waals surface area contributed by atoms with Crippen LogP contribution in [-0.4, -0.2) is 12.3 Å². The zero-order valence-corrected chi connectivity index (χ0v) is 22.5. The van der Waals surface area contributed by atoms with E-state index in [4.69, 9.17) is 0 Å². The third-order valence-corrected chi connectivity index (χ3v) is 27.2. The fraction of sp³-hybridized carbons (Fsp3) is 0.172. The summed E-state index contributed by atoms with van der Waals surface area (Å²) in [5.74, 6) is 0. The Morgan fingerprint density at radius 1 is 0.485 bits per heavy atom. The number of hydrogen-bond acceptors (Lipinski definition) is 0. The molecule has 0 aliphatic carbocycles. The Morgan fingerprint density at radius 3 is 1.73 bits per heavy atom. The summed E-state index contributed by atoms with van der Waals surface area (Å²) >= 11 is 0. The lowest BCUT2D eigenvalue weighted by atomic mass is 10.1. The molecule has 33 heavy (non-hydrogen) atoms. The van der Waals surface area contributed by atoms with Gasteiger partial charge in [0.15, 0.2) is 0 Å². The van der Waals surface area contributed by atoms with Gasteiger partial charge in [0.1, 0.15) is 0 Å². The maximum atomic E-state index is 2.46. The molecule has 4 atom stereocenters. The van der Waals surface area contributed by atoms with E-state index < -0.39 is 0 Å². The van der Waals surface area contributed by atoms with Gasteiger partial charge in [-0.1, -0.05) is 130 Å². The smallest absolute Gasteiger partial charge is 0.0117 e. The van der Waals surface area contributed by atoms with Crippen molar-refractivity contribution < 1.29 is 0 Å². The van der Waals surface area contributed by atoms with Gasteiger partial charge in [-0.15, -0.1) is 0 Å². The van der Waals surface area contributed by atoms with Crippen LogP contribution in [0.2, 0.25) is 0 Å². The first-order valence-corrected chi connectivity index (χ1v) is 19.4. The summed E-state index contributed by atoms with van der Waals surface area (Å²) in [5, 5.41) is 4.85. The van der Waals surface area contributed by atoms with Crippen LogP contribution in [-0.2, 0) is 0 Å². The zero-order chi connectivity index (χ0) is 22.3. The predicted molar refractivity (Wildman–Crippen MR) is 156 cm³/mol. The Morgan fingerprint density at radius 2 is 1.06 bits per heavy atom. The molecule has 1 saturated heterocycles. The summed E-state index contributed by atoms with van der Waals surface area (Å²) in [6.07, 6.45) is 6.95. The minimum Gasteiger partial charge on any atom is -0.0862 e. The van der Waals surface area contributed by atoms with Crippen molar-refractivity contribution in [3.05, 3.63) is 115 Å². The van der Waals surface area contributed by atoms with Gasteiger partial charge in [0, 0.05) is 0 Å². The van der Waals surface area contributed by atoms with Crippen LogP contribution in [0.5, 0.6) is 0 Å². The molecule has 0 bridgehead atoms. The average Bonchev–Trinajstić information content (AvgIpc) is 3.01. The molecule has 1 fully saturated rings. The molecule has 4 aromatic carbocycles. The molecule has 4 heteroatoms. The highest BCUT2D eigenvalue weighted by molar-refractivity contribution is 8.78. The maximum absolute atomic E-state index is 2.46. The van der Waals surface area contributed by atoms with Gasteiger partial charge in [-0.05, 0) is 74.4 Å². The molecule has 0 aromatic heterocycles. The molecule has 1 heterocycles. The second kappa shape index (κ2) is 11.8. The van der Waals surface area contributed by atoms with Crippen molar-refractivity contribution in [3.63, 3.8) is 0 Å². The molecule has 4 aromatic rings. The SMILES string of the molecule is c1ccc(-c2ccc(P3CCCCCPP(c4ccccc4)P3c3ccccc3)cc2)cc1. The van der Waals surface area contributed by atoms with Crippen molar-refractivity contribution >= 4 is 46.4 Å². The highest BCUT2D eigenvalue weighted by atomic mass is 32.6. The van der Waals surface area contributed by atoms with E-state index in [-0.39, 0.29) is 22.2 Å². The van der Waals surface area contributed by atoms with Gasteiger partial charge in [0.25, 0.3) is 0 Å². The van der Waals surface area contributed by atoms with Gasteiger partial charge in [-0.2, -0.15) is 0 Å². The van der Waals surface area contributed by atoms with Crippen molar-refractivity contribution in [1.29, 1.82) is 0 Å². The van der Waals surface area contributed by atoms with E-state index in [0.717, 1.165) is 8.27 Å². The first-order chi connectivity index (χ1) is 16.4. The molecule has 166 valence electrons. The van der Waals surface area contributed by atoms with E-state index in [9.17, 15) is 0 Å². The lowest BCUT2D eigenvalue weighted by Crippen LogP contribution is -2.10. The van der Waals surface area contributed by atoms with E-state index in [1.165, 1.54) is 42.7 Å². The molecule has 0 radical (unpaired) electrons. The standard InChI is InChI=1S/C29H30P4/c1-5-13-25(14-6-1)26-19-21-27(22-20-26)31-24-12-4-11-23-30-32(28-15-7-2-8-16-28)33(31)29-17-9-3-10-18-29/h1-3,5-10,13-22,30H,4,11-12,23-24H2. The first kappa shape index (κ1) is 23.3. The highest BCUT2D eigenvalue weighted by Gasteiger charge is 2.33. The molecular formula is C29H30P4. The third-order valence-electron chi connectivity index (χ3n) is 5.99. The van der Waals surface area contributed by atoms with Crippen LogP contribution in [0, 0.1) is 0 Å². The van der Waals surface area contributed by atoms with Crippen LogP contribution >= 0.6 is 30.5 Å². The van der Waals surface area contributed by atoms with Crippen molar-refractivity contribution in [3.8, 4) is 11.1 Å². The molecule has 1 aliphatic heterocycles. The molecule has 0 spiro atoms. The van der Waals surface area contributed by atoms with Gasteiger partial charge in [0.2, 0.25) is 0 Å². The summed E-state index contributed by atoms with van der Waals surface area (Å²) in [4.78, 5) is 0. The number of benzene rings is 4. The fourth-order valence-corrected chi connectivity index (χ4v) is 29.7. The van der Waals surface area contributed by atoms with Crippen LogP contribution in [0.1, 0.15) is 19.3 Å². The fourth-order valence-electron chi connectivity index (χ4n) is 4.30. The van der Waals surface area contributed by atoms with Crippen molar-refractivity contribution in [1.82, 2.24) is 0 Å². The molecular weight excluding hydrogens is 472 g/mol. The maximum Gasteiger partial charge on any atom is -0.0117 e. The quantitative estimate of drug-likeness (QED) is 0.245. The Labute approximate surface area is 204 Å². The van der Waals surface area contributed by atoms with Gasteiger partial charge in [-0.3, -0.25) is 0 Å². The van der Waals surface area contributed by atoms with Crippen LogP contribution in [0.4, 0.5) is 0 Å². The lowest BCUT2D eigenvalue weighted by Gasteiger charge is -2.35. The van der Waals surface area contributed by atoms with Gasteiger partial charge < -0.3 is 0 Å². The summed E-state index contributed by atoms with van der Waals surface area (Å²) < 4.78 is 0. The highest BCUT2D eigenvalue weighted by Crippen LogP contribution is 2.90. The summed E-state index contributed by atoms with van der Waals surface area (Å²) in [7, 11) is 0.476. The number of hydrogen-bond donors (Lipinski definition) is 0. The topological polar surface area (TPSA) is 0 Å². The molecule has 1 aliphatic rings. The van der Waals surface area contributed by atoms with Crippen LogP contribution in [0.3, 0.4) is 0 Å². The molecule has 0 nitrogen and oxygen atoms in total. The minimum atomic E-state index is -0.229. The molecule has 0 amide bonds. The zero-order valence-electron chi connectivity index (χ0n) is 18.8. The second-order valence-corrected chi connectivity index (χ2v) is 22.5. The molecule has 0 saturated carbocycles. The lowest BCUT2D eigenvalue weighted by molar-refractivity contribution is 0.784. The minimum absolute atomic E-state index is 0.160. The first-order valence-electron chi connectivity index (χ1n) is 11.8. The average molecular weight is 502 g/mol. The predicted octanol–water partition coefficient (Wildman–Crippen LogP) is 8.68. The normalized spacial score (nSPS) is 22.2. The van der Waals surface area contributed by atoms with Crippen molar-refractivity contribution in [2.45, 2.75) is 19.3 Å².